The first-order valence-electron chi connectivity index (χ1n) is 5.89. The molecule has 15 heavy (non-hydrogen) atoms. The Bertz CT molecular complexity index is 175. The van der Waals surface area contributed by atoms with Crippen molar-refractivity contribution in [3.63, 3.8) is 0 Å². The number of rotatable bonds is 10. The normalized spacial score (nSPS) is 11.1. The molecule has 0 bridgehead atoms. The molecule has 0 saturated carbocycles. The fraction of sp³-hybridized carbons (Fsp3) is 0.692. The zero-order chi connectivity index (χ0) is 11.4. The van der Waals surface area contributed by atoms with E-state index in [1.54, 1.807) is 0 Å². The van der Waals surface area contributed by atoms with Crippen LogP contribution < -0.4 is 0 Å². The van der Waals surface area contributed by atoms with Crippen LogP contribution in [0.25, 0.3) is 0 Å². The van der Waals surface area contributed by atoms with Gasteiger partial charge >= 0.3 is 0 Å². The number of unbranched alkanes of at least 4 members (excludes halogenated alkanes) is 4. The maximum Gasteiger partial charge on any atom is 0.120 e. The third-order valence-corrected chi connectivity index (χ3v) is 2.43. The molecule has 86 valence electrons. The van der Waals surface area contributed by atoms with Gasteiger partial charge in [-0.25, -0.2) is 0 Å². The van der Waals surface area contributed by atoms with Crippen molar-refractivity contribution in [1.82, 2.24) is 0 Å². The van der Waals surface area contributed by atoms with E-state index in [1.165, 1.54) is 25.7 Å². The zero-order valence-corrected chi connectivity index (χ0v) is 9.65. The van der Waals surface area contributed by atoms with Gasteiger partial charge in [-0.2, -0.15) is 0 Å². The van der Waals surface area contributed by atoms with Gasteiger partial charge in [0.2, 0.25) is 0 Å². The van der Waals surface area contributed by atoms with E-state index in [2.05, 4.69) is 13.0 Å². The van der Waals surface area contributed by atoms with Gasteiger partial charge in [0.1, 0.15) is 12.6 Å². The molecule has 0 aromatic carbocycles. The lowest BCUT2D eigenvalue weighted by Gasteiger charge is -2.03. The minimum atomic E-state index is 0.117. The summed E-state index contributed by atoms with van der Waals surface area (Å²) in [5, 5.41) is 0. The Labute approximate surface area is 92.8 Å². The average Bonchev–Trinajstić information content (AvgIpc) is 2.24. The van der Waals surface area contributed by atoms with Crippen LogP contribution >= 0.6 is 0 Å². The highest BCUT2D eigenvalue weighted by Gasteiger charge is 2.01. The van der Waals surface area contributed by atoms with Crippen molar-refractivity contribution in [3.05, 3.63) is 12.2 Å². The number of hydrogen-bond donors (Lipinski definition) is 0. The Hall–Kier alpha value is -0.920. The van der Waals surface area contributed by atoms with Gasteiger partial charge in [0, 0.05) is 12.8 Å². The SMILES string of the molecule is CCCCCC/C=C/C(CC=O)CC=O. The number of aldehydes is 2. The second-order valence-corrected chi connectivity index (χ2v) is 3.84. The Morgan fingerprint density at radius 2 is 1.67 bits per heavy atom. The molecule has 0 aliphatic heterocycles. The molecule has 0 aromatic heterocycles. The van der Waals surface area contributed by atoms with Gasteiger partial charge in [-0.3, -0.25) is 0 Å². The van der Waals surface area contributed by atoms with Crippen molar-refractivity contribution in [1.29, 1.82) is 0 Å². The quantitative estimate of drug-likeness (QED) is 0.315. The molecule has 0 heterocycles. The first kappa shape index (κ1) is 14.1. The minimum Gasteiger partial charge on any atom is -0.303 e. The minimum absolute atomic E-state index is 0.117. The molecular formula is C13H22O2. The topological polar surface area (TPSA) is 34.1 Å². The van der Waals surface area contributed by atoms with Crippen molar-refractivity contribution in [2.45, 2.75) is 51.9 Å². The van der Waals surface area contributed by atoms with Gasteiger partial charge in [0.05, 0.1) is 0 Å². The summed E-state index contributed by atoms with van der Waals surface area (Å²) < 4.78 is 0. The van der Waals surface area contributed by atoms with Crippen molar-refractivity contribution in [2.75, 3.05) is 0 Å². The van der Waals surface area contributed by atoms with Gasteiger partial charge in [-0.15, -0.1) is 0 Å². The van der Waals surface area contributed by atoms with E-state index in [9.17, 15) is 9.59 Å². The van der Waals surface area contributed by atoms with Crippen LogP contribution in [0.4, 0.5) is 0 Å². The lowest BCUT2D eigenvalue weighted by Crippen LogP contribution is -1.97. The van der Waals surface area contributed by atoms with Crippen molar-refractivity contribution in [2.24, 2.45) is 5.92 Å². The predicted molar refractivity (Wildman–Crippen MR) is 62.8 cm³/mol. The second kappa shape index (κ2) is 11.2. The van der Waals surface area contributed by atoms with E-state index >= 15 is 0 Å². The van der Waals surface area contributed by atoms with Crippen LogP contribution in [0.1, 0.15) is 51.9 Å². The van der Waals surface area contributed by atoms with Gasteiger partial charge in [0.25, 0.3) is 0 Å². The molecule has 0 rings (SSSR count). The molecule has 0 N–H and O–H groups in total. The number of carbonyl (C=O) groups is 2. The van der Waals surface area contributed by atoms with Crippen LogP contribution in [0, 0.1) is 5.92 Å². The first-order valence-corrected chi connectivity index (χ1v) is 5.89. The fourth-order valence-corrected chi connectivity index (χ4v) is 1.48. The van der Waals surface area contributed by atoms with E-state index in [0.717, 1.165) is 19.0 Å². The molecule has 0 fully saturated rings. The summed E-state index contributed by atoms with van der Waals surface area (Å²) in [5.74, 6) is 0.117. The van der Waals surface area contributed by atoms with Crippen molar-refractivity contribution in [3.8, 4) is 0 Å². The fourth-order valence-electron chi connectivity index (χ4n) is 1.48. The molecule has 0 unspecified atom stereocenters. The van der Waals surface area contributed by atoms with Crippen LogP contribution in [0.3, 0.4) is 0 Å². The Kier molecular flexibility index (Phi) is 10.5. The first-order chi connectivity index (χ1) is 7.35. The van der Waals surface area contributed by atoms with Crippen molar-refractivity contribution >= 4 is 12.6 Å². The van der Waals surface area contributed by atoms with E-state index in [1.807, 2.05) is 6.08 Å². The summed E-state index contributed by atoms with van der Waals surface area (Å²) in [7, 11) is 0. The van der Waals surface area contributed by atoms with Gasteiger partial charge in [0.15, 0.2) is 0 Å². The number of carbonyl (C=O) groups excluding carboxylic acids is 2. The highest BCUT2D eigenvalue weighted by Crippen LogP contribution is 2.09. The standard InChI is InChI=1S/C13H22O2/c1-2-3-4-5-6-7-8-13(9-11-14)10-12-15/h7-8,11-13H,2-6,9-10H2,1H3/b8-7+. The van der Waals surface area contributed by atoms with E-state index in [-0.39, 0.29) is 5.92 Å². The molecule has 0 amide bonds. The van der Waals surface area contributed by atoms with Gasteiger partial charge in [-0.1, -0.05) is 38.3 Å². The van der Waals surface area contributed by atoms with Gasteiger partial charge < -0.3 is 9.59 Å². The summed E-state index contributed by atoms with van der Waals surface area (Å²) in [6, 6.07) is 0. The second-order valence-electron chi connectivity index (χ2n) is 3.84. The summed E-state index contributed by atoms with van der Waals surface area (Å²) >= 11 is 0. The third-order valence-electron chi connectivity index (χ3n) is 2.43. The van der Waals surface area contributed by atoms with E-state index in [4.69, 9.17) is 0 Å². The maximum atomic E-state index is 10.3. The Morgan fingerprint density at radius 3 is 2.20 bits per heavy atom. The zero-order valence-electron chi connectivity index (χ0n) is 9.65. The summed E-state index contributed by atoms with van der Waals surface area (Å²) in [6.45, 7) is 2.19. The molecule has 0 atom stereocenters. The smallest absolute Gasteiger partial charge is 0.120 e. The largest absolute Gasteiger partial charge is 0.303 e. The molecule has 0 spiro atoms. The highest BCUT2D eigenvalue weighted by molar-refractivity contribution is 5.55. The van der Waals surface area contributed by atoms with Crippen LogP contribution in [-0.4, -0.2) is 12.6 Å². The molecule has 2 nitrogen and oxygen atoms in total. The molecule has 2 heteroatoms. The summed E-state index contributed by atoms with van der Waals surface area (Å²) in [5.41, 5.74) is 0. The third kappa shape index (κ3) is 9.39. The molecule has 0 saturated heterocycles. The summed E-state index contributed by atoms with van der Waals surface area (Å²) in [4.78, 5) is 20.6. The number of allylic oxidation sites excluding steroid dienone is 2. The van der Waals surface area contributed by atoms with E-state index in [0.29, 0.717) is 12.8 Å². The highest BCUT2D eigenvalue weighted by atomic mass is 16.1. The molecule has 0 aromatic rings. The Balaban J connectivity index is 3.59. The van der Waals surface area contributed by atoms with Gasteiger partial charge in [-0.05, 0) is 18.8 Å². The van der Waals surface area contributed by atoms with Crippen LogP contribution in [-0.2, 0) is 9.59 Å². The van der Waals surface area contributed by atoms with Crippen LogP contribution in [0.15, 0.2) is 12.2 Å². The number of hydrogen-bond acceptors (Lipinski definition) is 2. The monoisotopic (exact) mass is 210 g/mol. The maximum absolute atomic E-state index is 10.3. The predicted octanol–water partition coefficient (Wildman–Crippen LogP) is 3.31. The Morgan fingerprint density at radius 1 is 1.00 bits per heavy atom. The van der Waals surface area contributed by atoms with Crippen LogP contribution in [0.2, 0.25) is 0 Å². The molecule has 0 radical (unpaired) electrons. The van der Waals surface area contributed by atoms with Crippen molar-refractivity contribution < 1.29 is 9.59 Å². The van der Waals surface area contributed by atoms with E-state index < -0.39 is 0 Å². The lowest BCUT2D eigenvalue weighted by atomic mass is 10.0. The average molecular weight is 210 g/mol. The lowest BCUT2D eigenvalue weighted by molar-refractivity contribution is -0.109. The summed E-state index contributed by atoms with van der Waals surface area (Å²) in [6.07, 6.45) is 12.9. The molecule has 0 aliphatic rings. The molecule has 0 aliphatic carbocycles. The molecular weight excluding hydrogens is 188 g/mol. The van der Waals surface area contributed by atoms with Crippen LogP contribution in [0.5, 0.6) is 0 Å².